The molecule has 0 amide bonds. The summed E-state index contributed by atoms with van der Waals surface area (Å²) in [6.45, 7) is 0.669. The topological polar surface area (TPSA) is 73.1 Å². The van der Waals surface area contributed by atoms with Crippen LogP contribution in [0.3, 0.4) is 0 Å². The van der Waals surface area contributed by atoms with Crippen molar-refractivity contribution >= 4 is 28.3 Å². The number of benzene rings is 1. The van der Waals surface area contributed by atoms with Crippen molar-refractivity contribution < 1.29 is 9.15 Å². The van der Waals surface area contributed by atoms with Crippen molar-refractivity contribution in [2.75, 3.05) is 12.9 Å². The van der Waals surface area contributed by atoms with Crippen LogP contribution in [-0.4, -0.2) is 32.4 Å². The lowest BCUT2D eigenvalue weighted by Crippen LogP contribution is -2.18. The van der Waals surface area contributed by atoms with E-state index in [4.69, 9.17) is 21.4 Å². The van der Waals surface area contributed by atoms with Gasteiger partial charge in [0.15, 0.2) is 0 Å². The maximum Gasteiger partial charge on any atom is 0.247 e. The Labute approximate surface area is 161 Å². The average molecular weight is 387 g/mol. The number of nitrogens with one attached hydrogen (secondary N) is 1. The maximum atomic E-state index is 5.71. The first-order valence-corrected chi connectivity index (χ1v) is 9.40. The first-order valence-electron chi connectivity index (χ1n) is 8.01. The summed E-state index contributed by atoms with van der Waals surface area (Å²) < 4.78 is 11.6. The van der Waals surface area contributed by atoms with E-state index in [-0.39, 0.29) is 0 Å². The highest BCUT2D eigenvalue weighted by Gasteiger charge is 2.09. The molecule has 0 bridgehead atoms. The lowest BCUT2D eigenvalue weighted by molar-refractivity contribution is 0.415. The van der Waals surface area contributed by atoms with Crippen molar-refractivity contribution in [2.45, 2.75) is 13.0 Å². The van der Waals surface area contributed by atoms with Gasteiger partial charge in [0.1, 0.15) is 10.1 Å². The average Bonchev–Trinajstić information content (AvgIpc) is 3.16. The molecule has 0 atom stereocenters. The molecule has 3 aromatic rings. The highest BCUT2D eigenvalue weighted by Crippen LogP contribution is 2.21. The Bertz CT molecular complexity index is 838. The van der Waals surface area contributed by atoms with E-state index < -0.39 is 0 Å². The molecule has 1 aromatic carbocycles. The van der Waals surface area contributed by atoms with Crippen LogP contribution >= 0.6 is 24.0 Å². The second-order valence-electron chi connectivity index (χ2n) is 5.33. The number of pyridine rings is 1. The maximum absolute atomic E-state index is 5.71. The van der Waals surface area contributed by atoms with Gasteiger partial charge in [0, 0.05) is 36.7 Å². The fraction of sp³-hybridized carbons (Fsp3) is 0.222. The minimum Gasteiger partial charge on any atom is -0.497 e. The van der Waals surface area contributed by atoms with E-state index >= 15 is 0 Å². The quantitative estimate of drug-likeness (QED) is 0.619. The van der Waals surface area contributed by atoms with E-state index in [0.29, 0.717) is 24.7 Å². The van der Waals surface area contributed by atoms with Gasteiger partial charge in [-0.2, -0.15) is 0 Å². The van der Waals surface area contributed by atoms with Crippen LogP contribution in [0.15, 0.2) is 53.2 Å². The Morgan fingerprint density at radius 1 is 1.23 bits per heavy atom. The van der Waals surface area contributed by atoms with Gasteiger partial charge in [-0.3, -0.25) is 4.98 Å². The van der Waals surface area contributed by atoms with Crippen molar-refractivity contribution in [3.05, 3.63) is 60.2 Å². The van der Waals surface area contributed by atoms with Crippen LogP contribution in [0.1, 0.15) is 11.5 Å². The number of hydrogen-bond acceptors (Lipinski definition) is 7. The summed E-state index contributed by atoms with van der Waals surface area (Å²) in [5.41, 5.74) is 1.96. The zero-order chi connectivity index (χ0) is 18.2. The molecule has 1 N–H and O–H groups in total. The number of methoxy groups -OCH3 is 1. The van der Waals surface area contributed by atoms with Crippen molar-refractivity contribution in [1.82, 2.24) is 20.5 Å². The monoisotopic (exact) mass is 386 g/mol. The largest absolute Gasteiger partial charge is 0.497 e. The molecule has 134 valence electrons. The Hall–Kier alpha value is -2.45. The summed E-state index contributed by atoms with van der Waals surface area (Å²) in [6.07, 6.45) is 4.23. The third-order valence-corrected chi connectivity index (χ3v) is 4.83. The van der Waals surface area contributed by atoms with Crippen LogP contribution < -0.4 is 10.1 Å². The molecule has 0 saturated carbocycles. The summed E-state index contributed by atoms with van der Waals surface area (Å²) in [6, 6.07) is 11.4. The lowest BCUT2D eigenvalue weighted by atomic mass is 10.2. The van der Waals surface area contributed by atoms with Crippen LogP contribution in [0.4, 0.5) is 0 Å². The van der Waals surface area contributed by atoms with Crippen LogP contribution in [0, 0.1) is 0 Å². The molecule has 3 rings (SSSR count). The molecule has 0 aliphatic rings. The molecule has 8 heteroatoms. The molecule has 0 fully saturated rings. The first kappa shape index (κ1) is 18.3. The number of hydrogen-bond donors (Lipinski definition) is 1. The van der Waals surface area contributed by atoms with Crippen molar-refractivity contribution in [2.24, 2.45) is 0 Å². The van der Waals surface area contributed by atoms with Gasteiger partial charge in [0.25, 0.3) is 0 Å². The number of aromatic nitrogens is 3. The normalized spacial score (nSPS) is 10.5. The first-order chi connectivity index (χ1) is 12.7. The number of thioether (sulfide) groups is 1. The number of rotatable bonds is 7. The van der Waals surface area contributed by atoms with E-state index in [2.05, 4.69) is 20.5 Å². The summed E-state index contributed by atoms with van der Waals surface area (Å²) in [7, 11) is 1.63. The standard InChI is InChI=1S/C18H18N4O2S2/c1-23-15-6-4-14(5-7-15)17-22-21-16(24-17)8-10-26-18(25)20-12-13-3-2-9-19-11-13/h2-7,9,11H,8,10,12H2,1H3,(H,20,25). The van der Waals surface area contributed by atoms with Crippen LogP contribution in [0.5, 0.6) is 5.75 Å². The fourth-order valence-electron chi connectivity index (χ4n) is 2.16. The van der Waals surface area contributed by atoms with Crippen molar-refractivity contribution in [3.8, 4) is 17.2 Å². The summed E-state index contributed by atoms with van der Waals surface area (Å²) in [4.78, 5) is 4.08. The highest BCUT2D eigenvalue weighted by molar-refractivity contribution is 8.22. The fourth-order valence-corrected chi connectivity index (χ4v) is 3.12. The van der Waals surface area contributed by atoms with Gasteiger partial charge in [0.2, 0.25) is 11.8 Å². The number of nitrogens with zero attached hydrogens (tertiary/aromatic N) is 3. The van der Waals surface area contributed by atoms with Gasteiger partial charge < -0.3 is 14.5 Å². The summed E-state index contributed by atoms with van der Waals surface area (Å²) in [5.74, 6) is 2.66. The van der Waals surface area contributed by atoms with Gasteiger partial charge >= 0.3 is 0 Å². The van der Waals surface area contributed by atoms with E-state index in [1.54, 1.807) is 25.1 Å². The Morgan fingerprint density at radius 2 is 2.08 bits per heavy atom. The Morgan fingerprint density at radius 3 is 2.81 bits per heavy atom. The molecule has 0 saturated heterocycles. The van der Waals surface area contributed by atoms with Crippen molar-refractivity contribution in [3.63, 3.8) is 0 Å². The molecule has 0 aliphatic heterocycles. The molecule has 0 spiro atoms. The van der Waals surface area contributed by atoms with Gasteiger partial charge in [-0.25, -0.2) is 0 Å². The van der Waals surface area contributed by atoms with Crippen LogP contribution in [0.25, 0.3) is 11.5 Å². The molecule has 0 radical (unpaired) electrons. The third kappa shape index (κ3) is 5.27. The summed E-state index contributed by atoms with van der Waals surface area (Å²) >= 11 is 6.88. The van der Waals surface area contributed by atoms with E-state index in [9.17, 15) is 0 Å². The van der Waals surface area contributed by atoms with E-state index in [0.717, 1.165) is 26.9 Å². The summed E-state index contributed by atoms with van der Waals surface area (Å²) in [5, 5.41) is 11.4. The number of aryl methyl sites for hydroxylation is 1. The molecular formula is C18H18N4O2S2. The second-order valence-corrected chi connectivity index (χ2v) is 7.10. The highest BCUT2D eigenvalue weighted by atomic mass is 32.2. The predicted octanol–water partition coefficient (Wildman–Crippen LogP) is 3.49. The molecular weight excluding hydrogens is 368 g/mol. The third-order valence-electron chi connectivity index (χ3n) is 3.51. The molecule has 6 nitrogen and oxygen atoms in total. The van der Waals surface area contributed by atoms with Gasteiger partial charge in [-0.15, -0.1) is 10.2 Å². The van der Waals surface area contributed by atoms with Gasteiger partial charge in [0.05, 0.1) is 7.11 Å². The van der Waals surface area contributed by atoms with E-state index in [1.807, 2.05) is 42.6 Å². The molecule has 2 aromatic heterocycles. The minimum atomic E-state index is 0.505. The van der Waals surface area contributed by atoms with Crippen LogP contribution in [0.2, 0.25) is 0 Å². The molecule has 0 unspecified atom stereocenters. The lowest BCUT2D eigenvalue weighted by Gasteiger charge is -2.06. The van der Waals surface area contributed by atoms with Gasteiger partial charge in [-0.1, -0.05) is 30.0 Å². The predicted molar refractivity (Wildman–Crippen MR) is 106 cm³/mol. The molecule has 2 heterocycles. The van der Waals surface area contributed by atoms with Crippen molar-refractivity contribution in [1.29, 1.82) is 0 Å². The Kier molecular flexibility index (Phi) is 6.56. The smallest absolute Gasteiger partial charge is 0.247 e. The van der Waals surface area contributed by atoms with Gasteiger partial charge in [-0.05, 0) is 35.9 Å². The second kappa shape index (κ2) is 9.30. The minimum absolute atomic E-state index is 0.505. The Balaban J connectivity index is 1.43. The molecule has 0 aliphatic carbocycles. The molecule has 26 heavy (non-hydrogen) atoms. The zero-order valence-corrected chi connectivity index (χ0v) is 15.8. The van der Waals surface area contributed by atoms with Crippen LogP contribution in [-0.2, 0) is 13.0 Å². The SMILES string of the molecule is COc1ccc(-c2nnc(CCSC(=S)NCc3cccnc3)o2)cc1. The zero-order valence-electron chi connectivity index (χ0n) is 14.2. The number of ether oxygens (including phenoxy) is 1. The van der Waals surface area contributed by atoms with E-state index in [1.165, 1.54) is 0 Å². The number of thiocarbonyl (C=S) groups is 1.